The third-order valence-corrected chi connectivity index (χ3v) is 4.16. The van der Waals surface area contributed by atoms with E-state index in [0.29, 0.717) is 19.5 Å². The fourth-order valence-electron chi connectivity index (χ4n) is 1.44. The van der Waals surface area contributed by atoms with Crippen LogP contribution in [0.4, 0.5) is 5.69 Å². The summed E-state index contributed by atoms with van der Waals surface area (Å²) in [6.45, 7) is 2.75. The lowest BCUT2D eigenvalue weighted by molar-refractivity contribution is -0.114. The lowest BCUT2D eigenvalue weighted by Gasteiger charge is -2.06. The molecule has 0 unspecified atom stereocenters. The van der Waals surface area contributed by atoms with Gasteiger partial charge in [-0.05, 0) is 24.4 Å². The van der Waals surface area contributed by atoms with E-state index >= 15 is 0 Å². The van der Waals surface area contributed by atoms with E-state index in [4.69, 9.17) is 0 Å². The highest BCUT2D eigenvalue weighted by molar-refractivity contribution is 7.90. The van der Waals surface area contributed by atoms with E-state index in [1.165, 1.54) is 13.2 Å². The van der Waals surface area contributed by atoms with Gasteiger partial charge in [0.25, 0.3) is 0 Å². The number of rotatable bonds is 7. The van der Waals surface area contributed by atoms with Crippen LogP contribution in [0.25, 0.3) is 0 Å². The molecule has 102 valence electrons. The fraction of sp³-hybridized carbons (Fsp3) is 0.545. The van der Waals surface area contributed by atoms with Crippen LogP contribution in [0, 0.1) is 0 Å². The van der Waals surface area contributed by atoms with Gasteiger partial charge in [-0.2, -0.15) is 0 Å². The number of nitrogens with one attached hydrogen (secondary N) is 2. The molecule has 0 aromatic carbocycles. The van der Waals surface area contributed by atoms with Crippen molar-refractivity contribution in [1.29, 1.82) is 0 Å². The molecule has 2 N–H and O–H groups in total. The number of anilines is 1. The van der Waals surface area contributed by atoms with E-state index in [1.807, 2.05) is 11.4 Å². The van der Waals surface area contributed by atoms with E-state index < -0.39 is 9.84 Å². The Balaban J connectivity index is 2.31. The predicted molar refractivity (Wildman–Crippen MR) is 74.7 cm³/mol. The minimum atomic E-state index is -2.88. The first kappa shape index (κ1) is 15.1. The maximum Gasteiger partial charge on any atom is 0.221 e. The molecule has 7 heteroatoms. The molecule has 0 aliphatic rings. The SMILES string of the molecule is CC(=O)Nc1ccsc1CNCCCS(C)(=O)=O. The standard InChI is InChI=1S/C11H18N2O3S2/c1-9(14)13-10-4-6-17-11(10)8-12-5-3-7-18(2,15)16/h4,6,12H,3,5,7-8H2,1-2H3,(H,13,14). The van der Waals surface area contributed by atoms with Crippen molar-refractivity contribution < 1.29 is 13.2 Å². The summed E-state index contributed by atoms with van der Waals surface area (Å²) in [7, 11) is -2.88. The number of carbonyl (C=O) groups excluding carboxylic acids is 1. The summed E-state index contributed by atoms with van der Waals surface area (Å²) < 4.78 is 21.9. The first-order valence-electron chi connectivity index (χ1n) is 5.61. The van der Waals surface area contributed by atoms with E-state index in [2.05, 4.69) is 10.6 Å². The lowest BCUT2D eigenvalue weighted by atomic mass is 10.3. The number of hydrogen-bond donors (Lipinski definition) is 2. The molecule has 0 saturated carbocycles. The summed E-state index contributed by atoms with van der Waals surface area (Å²) in [4.78, 5) is 12.0. The lowest BCUT2D eigenvalue weighted by Crippen LogP contribution is -2.18. The van der Waals surface area contributed by atoms with Crippen molar-refractivity contribution in [3.05, 3.63) is 16.3 Å². The predicted octanol–water partition coefficient (Wildman–Crippen LogP) is 1.23. The molecular formula is C11H18N2O3S2. The molecular weight excluding hydrogens is 272 g/mol. The average Bonchev–Trinajstić information content (AvgIpc) is 2.62. The normalized spacial score (nSPS) is 11.4. The molecule has 5 nitrogen and oxygen atoms in total. The van der Waals surface area contributed by atoms with Crippen molar-refractivity contribution in [2.75, 3.05) is 23.9 Å². The molecule has 1 aromatic rings. The van der Waals surface area contributed by atoms with E-state index in [1.54, 1.807) is 11.3 Å². The molecule has 1 rings (SSSR count). The van der Waals surface area contributed by atoms with Crippen LogP contribution in [0.5, 0.6) is 0 Å². The summed E-state index contributed by atoms with van der Waals surface area (Å²) in [5.41, 5.74) is 0.822. The van der Waals surface area contributed by atoms with Crippen LogP contribution in [0.2, 0.25) is 0 Å². The van der Waals surface area contributed by atoms with Gasteiger partial charge >= 0.3 is 0 Å². The van der Waals surface area contributed by atoms with Gasteiger partial charge in [0.15, 0.2) is 0 Å². The smallest absolute Gasteiger partial charge is 0.221 e. The molecule has 0 fully saturated rings. The second kappa shape index (κ2) is 6.86. The van der Waals surface area contributed by atoms with E-state index in [-0.39, 0.29) is 11.7 Å². The van der Waals surface area contributed by atoms with E-state index in [9.17, 15) is 13.2 Å². The topological polar surface area (TPSA) is 75.3 Å². The monoisotopic (exact) mass is 290 g/mol. The number of sulfone groups is 1. The molecule has 1 aromatic heterocycles. The Bertz CT molecular complexity index is 494. The molecule has 1 amide bonds. The third-order valence-electron chi connectivity index (χ3n) is 2.21. The van der Waals surface area contributed by atoms with Gasteiger partial charge in [0.2, 0.25) is 5.91 Å². The highest BCUT2D eigenvalue weighted by Gasteiger charge is 2.05. The molecule has 0 bridgehead atoms. The summed E-state index contributed by atoms with van der Waals surface area (Å²) in [6.07, 6.45) is 1.83. The van der Waals surface area contributed by atoms with Gasteiger partial charge in [0, 0.05) is 24.6 Å². The fourth-order valence-corrected chi connectivity index (χ4v) is 2.91. The minimum absolute atomic E-state index is 0.0910. The van der Waals surface area contributed by atoms with Crippen LogP contribution in [0.15, 0.2) is 11.4 Å². The van der Waals surface area contributed by atoms with Gasteiger partial charge in [-0.25, -0.2) is 8.42 Å². The van der Waals surface area contributed by atoms with Crippen molar-refractivity contribution in [1.82, 2.24) is 5.32 Å². The molecule has 18 heavy (non-hydrogen) atoms. The summed E-state index contributed by atoms with van der Waals surface area (Å²) >= 11 is 1.56. The molecule has 0 aliphatic heterocycles. The second-order valence-electron chi connectivity index (χ2n) is 4.10. The quantitative estimate of drug-likeness (QED) is 0.741. The molecule has 0 aliphatic carbocycles. The second-order valence-corrected chi connectivity index (χ2v) is 7.36. The number of thiophene rings is 1. The van der Waals surface area contributed by atoms with Gasteiger partial charge in [0.05, 0.1) is 11.4 Å². The zero-order valence-electron chi connectivity index (χ0n) is 10.5. The summed E-state index contributed by atoms with van der Waals surface area (Å²) in [5, 5.41) is 7.84. The highest BCUT2D eigenvalue weighted by atomic mass is 32.2. The molecule has 0 atom stereocenters. The zero-order chi connectivity index (χ0) is 13.6. The van der Waals surface area contributed by atoms with Crippen LogP contribution >= 0.6 is 11.3 Å². The molecule has 1 heterocycles. The Labute approximate surface area is 112 Å². The number of hydrogen-bond acceptors (Lipinski definition) is 5. The first-order chi connectivity index (χ1) is 8.38. The summed E-state index contributed by atoms with van der Waals surface area (Å²) in [6, 6.07) is 1.86. The third kappa shape index (κ3) is 6.13. The van der Waals surface area contributed by atoms with Crippen molar-refractivity contribution in [3.63, 3.8) is 0 Å². The first-order valence-corrected chi connectivity index (χ1v) is 8.55. The van der Waals surface area contributed by atoms with Gasteiger partial charge < -0.3 is 10.6 Å². The van der Waals surface area contributed by atoms with Gasteiger partial charge in [0.1, 0.15) is 9.84 Å². The van der Waals surface area contributed by atoms with Crippen LogP contribution in [0.1, 0.15) is 18.2 Å². The number of amides is 1. The van der Waals surface area contributed by atoms with Gasteiger partial charge in [-0.15, -0.1) is 11.3 Å². The maximum atomic E-state index is 11.0. The Hall–Kier alpha value is -0.920. The highest BCUT2D eigenvalue weighted by Crippen LogP contribution is 2.21. The maximum absolute atomic E-state index is 11.0. The minimum Gasteiger partial charge on any atom is -0.325 e. The molecule has 0 saturated heterocycles. The van der Waals surface area contributed by atoms with Crippen LogP contribution < -0.4 is 10.6 Å². The Kier molecular flexibility index (Phi) is 5.77. The van der Waals surface area contributed by atoms with E-state index in [0.717, 1.165) is 10.6 Å². The van der Waals surface area contributed by atoms with Crippen LogP contribution in [-0.4, -0.2) is 32.9 Å². The summed E-state index contributed by atoms with van der Waals surface area (Å²) in [5.74, 6) is 0.106. The van der Waals surface area contributed by atoms with Crippen molar-refractivity contribution in [2.45, 2.75) is 19.9 Å². The Morgan fingerprint density at radius 2 is 2.17 bits per heavy atom. The Morgan fingerprint density at radius 3 is 2.78 bits per heavy atom. The van der Waals surface area contributed by atoms with Gasteiger partial charge in [-0.1, -0.05) is 0 Å². The van der Waals surface area contributed by atoms with Crippen LogP contribution in [-0.2, 0) is 21.2 Å². The van der Waals surface area contributed by atoms with Crippen molar-refractivity contribution in [3.8, 4) is 0 Å². The Morgan fingerprint density at radius 1 is 1.44 bits per heavy atom. The largest absolute Gasteiger partial charge is 0.325 e. The van der Waals surface area contributed by atoms with Gasteiger partial charge in [-0.3, -0.25) is 4.79 Å². The van der Waals surface area contributed by atoms with Crippen molar-refractivity contribution >= 4 is 32.8 Å². The van der Waals surface area contributed by atoms with Crippen molar-refractivity contribution in [2.24, 2.45) is 0 Å². The van der Waals surface area contributed by atoms with Crippen LogP contribution in [0.3, 0.4) is 0 Å². The average molecular weight is 290 g/mol. The molecule has 0 spiro atoms. The zero-order valence-corrected chi connectivity index (χ0v) is 12.2. The molecule has 0 radical (unpaired) electrons. The number of carbonyl (C=O) groups is 1.